The normalized spacial score (nSPS) is 10.2. The molecular formula is C16H16IN3S. The zero-order valence-corrected chi connectivity index (χ0v) is 14.9. The average Bonchev–Trinajstić information content (AvgIpc) is 2.86. The van der Waals surface area contributed by atoms with Crippen LogP contribution in [-0.2, 0) is 0 Å². The van der Waals surface area contributed by atoms with Gasteiger partial charge in [-0.05, 0) is 35.6 Å². The molecule has 0 unspecified atom stereocenters. The fourth-order valence-electron chi connectivity index (χ4n) is 2.26. The SMILES string of the molecule is CSc1n[n+](-c2ccccc2)c(C)n1-c1ccccc1.[I-]. The molecule has 2 aromatic carbocycles. The van der Waals surface area contributed by atoms with Gasteiger partial charge in [0.05, 0.1) is 0 Å². The van der Waals surface area contributed by atoms with Crippen molar-refractivity contribution < 1.29 is 28.7 Å². The van der Waals surface area contributed by atoms with E-state index in [1.54, 1.807) is 11.8 Å². The van der Waals surface area contributed by atoms with Crippen molar-refractivity contribution in [2.24, 2.45) is 0 Å². The number of thioether (sulfide) groups is 1. The molecule has 0 N–H and O–H groups in total. The van der Waals surface area contributed by atoms with Crippen LogP contribution in [0.2, 0.25) is 0 Å². The maximum absolute atomic E-state index is 4.72. The third-order valence-corrected chi connectivity index (χ3v) is 3.83. The zero-order valence-electron chi connectivity index (χ0n) is 11.9. The van der Waals surface area contributed by atoms with Crippen molar-refractivity contribution in [2.75, 3.05) is 6.26 Å². The van der Waals surface area contributed by atoms with Crippen LogP contribution in [0.25, 0.3) is 11.4 Å². The Morgan fingerprint density at radius 1 is 0.952 bits per heavy atom. The van der Waals surface area contributed by atoms with E-state index in [9.17, 15) is 0 Å². The quantitative estimate of drug-likeness (QED) is 0.350. The van der Waals surface area contributed by atoms with Gasteiger partial charge in [0.2, 0.25) is 0 Å². The molecule has 0 aliphatic carbocycles. The van der Waals surface area contributed by atoms with Crippen molar-refractivity contribution in [3.05, 3.63) is 66.5 Å². The van der Waals surface area contributed by atoms with Crippen LogP contribution in [0.5, 0.6) is 0 Å². The largest absolute Gasteiger partial charge is 1.00 e. The van der Waals surface area contributed by atoms with Gasteiger partial charge in [-0.3, -0.25) is 0 Å². The van der Waals surface area contributed by atoms with E-state index in [1.165, 1.54) is 0 Å². The Morgan fingerprint density at radius 2 is 1.52 bits per heavy atom. The highest BCUT2D eigenvalue weighted by atomic mass is 127. The summed E-state index contributed by atoms with van der Waals surface area (Å²) in [4.78, 5) is 0. The highest BCUT2D eigenvalue weighted by molar-refractivity contribution is 7.98. The Kier molecular flexibility index (Phi) is 5.41. The summed E-state index contributed by atoms with van der Waals surface area (Å²) in [6.45, 7) is 2.09. The predicted octanol–water partition coefficient (Wildman–Crippen LogP) is 0.183. The minimum Gasteiger partial charge on any atom is -1.00 e. The number of nitrogens with zero attached hydrogens (tertiary/aromatic N) is 3. The lowest BCUT2D eigenvalue weighted by atomic mass is 10.3. The van der Waals surface area contributed by atoms with Gasteiger partial charge in [0.1, 0.15) is 5.69 Å². The Morgan fingerprint density at radius 3 is 2.10 bits per heavy atom. The van der Waals surface area contributed by atoms with Crippen LogP contribution in [0.3, 0.4) is 0 Å². The molecule has 5 heteroatoms. The van der Waals surface area contributed by atoms with Crippen LogP contribution in [0.4, 0.5) is 0 Å². The Balaban J connectivity index is 0.00000161. The molecule has 0 amide bonds. The van der Waals surface area contributed by atoms with Crippen LogP contribution >= 0.6 is 11.8 Å². The van der Waals surface area contributed by atoms with Gasteiger partial charge in [0.25, 0.3) is 5.82 Å². The second-order valence-electron chi connectivity index (χ2n) is 4.45. The van der Waals surface area contributed by atoms with Gasteiger partial charge < -0.3 is 24.0 Å². The minimum absolute atomic E-state index is 0. The Bertz CT molecular complexity index is 711. The van der Waals surface area contributed by atoms with Crippen molar-refractivity contribution in [2.45, 2.75) is 12.1 Å². The van der Waals surface area contributed by atoms with Gasteiger partial charge in [-0.15, -0.1) is 0 Å². The number of rotatable bonds is 3. The highest BCUT2D eigenvalue weighted by Gasteiger charge is 2.24. The number of benzene rings is 2. The number of halogens is 1. The van der Waals surface area contributed by atoms with Crippen molar-refractivity contribution in [1.82, 2.24) is 9.67 Å². The van der Waals surface area contributed by atoms with Gasteiger partial charge >= 0.3 is 5.16 Å². The van der Waals surface area contributed by atoms with Crippen LogP contribution in [0.1, 0.15) is 5.82 Å². The van der Waals surface area contributed by atoms with Crippen LogP contribution in [-0.4, -0.2) is 15.9 Å². The fraction of sp³-hybridized carbons (Fsp3) is 0.125. The molecule has 3 aromatic rings. The minimum atomic E-state index is 0. The molecule has 21 heavy (non-hydrogen) atoms. The Hall–Kier alpha value is -1.34. The predicted molar refractivity (Wildman–Crippen MR) is 81.6 cm³/mol. The summed E-state index contributed by atoms with van der Waals surface area (Å²) in [7, 11) is 0. The molecule has 0 aliphatic heterocycles. The number of hydrogen-bond donors (Lipinski definition) is 0. The third kappa shape index (κ3) is 3.13. The molecule has 0 aliphatic rings. The lowest BCUT2D eigenvalue weighted by Crippen LogP contribution is -3.00. The molecule has 0 radical (unpaired) electrons. The van der Waals surface area contributed by atoms with Crippen LogP contribution in [0, 0.1) is 6.92 Å². The number of hydrogen-bond acceptors (Lipinski definition) is 2. The van der Waals surface area contributed by atoms with Crippen LogP contribution < -0.4 is 28.7 Å². The third-order valence-electron chi connectivity index (χ3n) is 3.20. The van der Waals surface area contributed by atoms with Gasteiger partial charge in [0.15, 0.2) is 5.69 Å². The van der Waals surface area contributed by atoms with E-state index in [0.29, 0.717) is 0 Å². The summed E-state index contributed by atoms with van der Waals surface area (Å²) >= 11 is 1.65. The average molecular weight is 409 g/mol. The first-order valence-corrected chi connectivity index (χ1v) is 7.70. The second kappa shape index (κ2) is 7.09. The molecule has 3 nitrogen and oxygen atoms in total. The highest BCUT2D eigenvalue weighted by Crippen LogP contribution is 2.19. The van der Waals surface area contributed by atoms with E-state index in [2.05, 4.69) is 42.0 Å². The molecule has 1 aromatic heterocycles. The van der Waals surface area contributed by atoms with E-state index in [4.69, 9.17) is 5.10 Å². The molecular weight excluding hydrogens is 393 g/mol. The smallest absolute Gasteiger partial charge is 0.300 e. The molecule has 0 spiro atoms. The first kappa shape index (κ1) is 16.0. The molecule has 3 rings (SSSR count). The first-order valence-electron chi connectivity index (χ1n) is 6.48. The van der Waals surface area contributed by atoms with Gasteiger partial charge in [-0.2, -0.15) is 4.57 Å². The van der Waals surface area contributed by atoms with E-state index in [0.717, 1.165) is 22.4 Å². The summed E-state index contributed by atoms with van der Waals surface area (Å²) in [5.41, 5.74) is 2.21. The first-order chi connectivity index (χ1) is 9.81. The number of aromatic nitrogens is 3. The summed E-state index contributed by atoms with van der Waals surface area (Å²) in [6, 6.07) is 20.5. The van der Waals surface area contributed by atoms with Crippen molar-refractivity contribution >= 4 is 11.8 Å². The number of para-hydroxylation sites is 2. The van der Waals surface area contributed by atoms with E-state index >= 15 is 0 Å². The maximum atomic E-state index is 4.72. The molecule has 0 fully saturated rings. The van der Waals surface area contributed by atoms with Crippen molar-refractivity contribution in [1.29, 1.82) is 0 Å². The lowest BCUT2D eigenvalue weighted by Gasteiger charge is -1.99. The lowest BCUT2D eigenvalue weighted by molar-refractivity contribution is -0.665. The molecule has 0 atom stereocenters. The molecule has 0 saturated carbocycles. The van der Waals surface area contributed by atoms with E-state index in [-0.39, 0.29) is 24.0 Å². The Labute approximate surface area is 146 Å². The topological polar surface area (TPSA) is 21.7 Å². The molecule has 108 valence electrons. The van der Waals surface area contributed by atoms with Gasteiger partial charge in [-0.25, -0.2) is 0 Å². The second-order valence-corrected chi connectivity index (χ2v) is 5.23. The maximum Gasteiger partial charge on any atom is 0.300 e. The molecule has 1 heterocycles. The summed E-state index contributed by atoms with van der Waals surface area (Å²) in [6.07, 6.45) is 2.05. The molecule has 0 bridgehead atoms. The monoisotopic (exact) mass is 409 g/mol. The summed E-state index contributed by atoms with van der Waals surface area (Å²) in [5, 5.41) is 5.70. The fourth-order valence-corrected chi connectivity index (χ4v) is 2.84. The van der Waals surface area contributed by atoms with E-state index in [1.807, 2.05) is 41.1 Å². The van der Waals surface area contributed by atoms with E-state index < -0.39 is 0 Å². The van der Waals surface area contributed by atoms with Gasteiger partial charge in [0, 0.05) is 6.92 Å². The molecule has 0 saturated heterocycles. The summed E-state index contributed by atoms with van der Waals surface area (Å²) < 4.78 is 4.16. The van der Waals surface area contributed by atoms with Gasteiger partial charge in [-0.1, -0.05) is 52.8 Å². The summed E-state index contributed by atoms with van der Waals surface area (Å²) in [5.74, 6) is 1.09. The zero-order chi connectivity index (χ0) is 13.9. The van der Waals surface area contributed by atoms with Crippen molar-refractivity contribution in [3.63, 3.8) is 0 Å². The standard InChI is InChI=1S/C16H16N3S.HI/c1-13-18(14-9-5-3-6-10-14)16(20-2)17-19(13)15-11-7-4-8-12-15;/h3-12H,1-2H3;1H/q+1;/p-1. The van der Waals surface area contributed by atoms with Crippen LogP contribution in [0.15, 0.2) is 65.8 Å². The van der Waals surface area contributed by atoms with Crippen molar-refractivity contribution in [3.8, 4) is 11.4 Å².